The van der Waals surface area contributed by atoms with Gasteiger partial charge in [0.1, 0.15) is 18.4 Å². The third kappa shape index (κ3) is 5.05. The number of carbonyl (C=O) groups is 1. The Kier molecular flexibility index (Phi) is 6.04. The first kappa shape index (κ1) is 17.5. The summed E-state index contributed by atoms with van der Waals surface area (Å²) in [6.45, 7) is 1.93. The van der Waals surface area contributed by atoms with Gasteiger partial charge in [-0.1, -0.05) is 42.5 Å². The number of ether oxygens (including phenoxy) is 2. The summed E-state index contributed by atoms with van der Waals surface area (Å²) in [5.74, 6) is 0.419. The molecule has 1 amide bonds. The second-order valence-corrected chi connectivity index (χ2v) is 6.22. The fourth-order valence-electron chi connectivity index (χ4n) is 2.96. The van der Waals surface area contributed by atoms with E-state index in [0.29, 0.717) is 13.2 Å². The van der Waals surface area contributed by atoms with E-state index in [4.69, 9.17) is 15.2 Å². The summed E-state index contributed by atoms with van der Waals surface area (Å²) in [6, 6.07) is 16.8. The van der Waals surface area contributed by atoms with Crippen molar-refractivity contribution < 1.29 is 14.3 Å². The van der Waals surface area contributed by atoms with Crippen molar-refractivity contribution in [2.45, 2.75) is 31.5 Å². The second kappa shape index (κ2) is 8.65. The fraction of sp³-hybridized carbons (Fsp3) is 0.350. The topological polar surface area (TPSA) is 73.6 Å². The molecule has 2 aromatic rings. The van der Waals surface area contributed by atoms with Gasteiger partial charge in [0.15, 0.2) is 0 Å². The minimum Gasteiger partial charge on any atom is -0.491 e. The van der Waals surface area contributed by atoms with Crippen LogP contribution in [0.4, 0.5) is 0 Å². The average molecular weight is 340 g/mol. The van der Waals surface area contributed by atoms with E-state index in [0.717, 1.165) is 36.3 Å². The van der Waals surface area contributed by atoms with Gasteiger partial charge in [0.05, 0.1) is 6.10 Å². The first-order valence-corrected chi connectivity index (χ1v) is 8.63. The Morgan fingerprint density at radius 1 is 1.24 bits per heavy atom. The van der Waals surface area contributed by atoms with E-state index in [-0.39, 0.29) is 6.10 Å². The highest BCUT2D eigenvalue weighted by Crippen LogP contribution is 2.18. The highest BCUT2D eigenvalue weighted by atomic mass is 16.5. The summed E-state index contributed by atoms with van der Waals surface area (Å²) in [7, 11) is 0. The first-order valence-electron chi connectivity index (χ1n) is 8.63. The minimum atomic E-state index is -0.516. The molecule has 25 heavy (non-hydrogen) atoms. The van der Waals surface area contributed by atoms with E-state index >= 15 is 0 Å². The normalized spacial score (nSPS) is 18.0. The lowest BCUT2D eigenvalue weighted by Crippen LogP contribution is -2.33. The van der Waals surface area contributed by atoms with E-state index in [1.165, 1.54) is 0 Å². The lowest BCUT2D eigenvalue weighted by Gasteiger charge is -2.16. The summed E-state index contributed by atoms with van der Waals surface area (Å²) in [4.78, 5) is 11.8. The number of benzene rings is 2. The van der Waals surface area contributed by atoms with Crippen molar-refractivity contribution in [2.24, 2.45) is 5.73 Å². The summed E-state index contributed by atoms with van der Waals surface area (Å²) >= 11 is 0. The lowest BCUT2D eigenvalue weighted by atomic mass is 10.1. The Labute approximate surface area is 148 Å². The largest absolute Gasteiger partial charge is 0.491 e. The molecule has 3 N–H and O–H groups in total. The molecule has 0 bridgehead atoms. The van der Waals surface area contributed by atoms with Crippen LogP contribution in [0.2, 0.25) is 0 Å². The van der Waals surface area contributed by atoms with Gasteiger partial charge in [-0.2, -0.15) is 0 Å². The maximum Gasteiger partial charge on any atom is 0.239 e. The number of rotatable bonds is 8. The van der Waals surface area contributed by atoms with Crippen molar-refractivity contribution in [2.75, 3.05) is 13.2 Å². The van der Waals surface area contributed by atoms with Gasteiger partial charge in [-0.05, 0) is 36.1 Å². The predicted octanol–water partition coefficient (Wildman–Crippen LogP) is 2.56. The fourth-order valence-corrected chi connectivity index (χ4v) is 2.96. The quantitative estimate of drug-likeness (QED) is 0.774. The van der Waals surface area contributed by atoms with Gasteiger partial charge >= 0.3 is 0 Å². The zero-order chi connectivity index (χ0) is 17.5. The molecular weight excluding hydrogens is 316 g/mol. The predicted molar refractivity (Wildman–Crippen MR) is 96.1 cm³/mol. The van der Waals surface area contributed by atoms with E-state index in [9.17, 15) is 4.79 Å². The molecule has 1 fully saturated rings. The number of carbonyl (C=O) groups excluding carboxylic acids is 1. The SMILES string of the molecule is NC(=O)C(NCc1cccc(OCC2CCCO2)c1)c1ccccc1. The maximum absolute atomic E-state index is 11.8. The molecule has 2 unspecified atom stereocenters. The highest BCUT2D eigenvalue weighted by Gasteiger charge is 2.17. The second-order valence-electron chi connectivity index (χ2n) is 6.22. The van der Waals surface area contributed by atoms with E-state index in [1.54, 1.807) is 0 Å². The number of primary amides is 1. The number of hydrogen-bond acceptors (Lipinski definition) is 4. The van der Waals surface area contributed by atoms with Crippen molar-refractivity contribution in [3.05, 3.63) is 65.7 Å². The summed E-state index contributed by atoms with van der Waals surface area (Å²) in [5.41, 5.74) is 7.44. The molecule has 5 nitrogen and oxygen atoms in total. The Bertz CT molecular complexity index is 684. The van der Waals surface area contributed by atoms with Crippen LogP contribution in [0.5, 0.6) is 5.75 Å². The van der Waals surface area contributed by atoms with Crippen LogP contribution >= 0.6 is 0 Å². The molecule has 0 saturated carbocycles. The van der Waals surface area contributed by atoms with Crippen LogP contribution in [-0.2, 0) is 16.1 Å². The summed E-state index contributed by atoms with van der Waals surface area (Å²) in [6.07, 6.45) is 2.35. The van der Waals surface area contributed by atoms with E-state index in [2.05, 4.69) is 5.32 Å². The molecule has 0 aliphatic carbocycles. The van der Waals surface area contributed by atoms with Crippen molar-refractivity contribution in [3.8, 4) is 5.75 Å². The van der Waals surface area contributed by atoms with Gasteiger partial charge in [0, 0.05) is 13.2 Å². The molecule has 2 atom stereocenters. The maximum atomic E-state index is 11.8. The minimum absolute atomic E-state index is 0.194. The van der Waals surface area contributed by atoms with Gasteiger partial charge in [0.25, 0.3) is 0 Å². The zero-order valence-electron chi connectivity index (χ0n) is 14.2. The smallest absolute Gasteiger partial charge is 0.239 e. The number of hydrogen-bond donors (Lipinski definition) is 2. The van der Waals surface area contributed by atoms with E-state index in [1.807, 2.05) is 54.6 Å². The highest BCUT2D eigenvalue weighted by molar-refractivity contribution is 5.81. The molecule has 3 rings (SSSR count). The Morgan fingerprint density at radius 2 is 2.08 bits per heavy atom. The van der Waals surface area contributed by atoms with Crippen LogP contribution in [0.25, 0.3) is 0 Å². The van der Waals surface area contributed by atoms with Crippen molar-refractivity contribution in [3.63, 3.8) is 0 Å². The summed E-state index contributed by atoms with van der Waals surface area (Å²) < 4.78 is 11.4. The van der Waals surface area contributed by atoms with Gasteiger partial charge in [0.2, 0.25) is 5.91 Å². The van der Waals surface area contributed by atoms with Crippen LogP contribution in [0.3, 0.4) is 0 Å². The van der Waals surface area contributed by atoms with Crippen LogP contribution in [0.1, 0.15) is 30.0 Å². The van der Waals surface area contributed by atoms with Crippen LogP contribution in [0, 0.1) is 0 Å². The Hall–Kier alpha value is -2.37. The van der Waals surface area contributed by atoms with E-state index < -0.39 is 11.9 Å². The Morgan fingerprint density at radius 3 is 2.80 bits per heavy atom. The van der Waals surface area contributed by atoms with Crippen molar-refractivity contribution >= 4 is 5.91 Å². The average Bonchev–Trinajstić information content (AvgIpc) is 3.15. The number of nitrogens with one attached hydrogen (secondary N) is 1. The first-order chi connectivity index (χ1) is 12.2. The van der Waals surface area contributed by atoms with Crippen molar-refractivity contribution in [1.82, 2.24) is 5.32 Å². The third-order valence-corrected chi connectivity index (χ3v) is 4.29. The molecule has 1 aliphatic heterocycles. The molecule has 0 radical (unpaired) electrons. The molecule has 2 aromatic carbocycles. The van der Waals surface area contributed by atoms with Gasteiger partial charge in [-0.25, -0.2) is 0 Å². The zero-order valence-corrected chi connectivity index (χ0v) is 14.2. The molecule has 1 saturated heterocycles. The van der Waals surface area contributed by atoms with Gasteiger partial charge in [-0.15, -0.1) is 0 Å². The lowest BCUT2D eigenvalue weighted by molar-refractivity contribution is -0.120. The third-order valence-electron chi connectivity index (χ3n) is 4.29. The van der Waals surface area contributed by atoms with Crippen molar-refractivity contribution in [1.29, 1.82) is 0 Å². The Balaban J connectivity index is 1.58. The number of amides is 1. The molecule has 5 heteroatoms. The monoisotopic (exact) mass is 340 g/mol. The molecule has 0 spiro atoms. The van der Waals surface area contributed by atoms with Crippen LogP contribution in [0.15, 0.2) is 54.6 Å². The van der Waals surface area contributed by atoms with Crippen LogP contribution < -0.4 is 15.8 Å². The van der Waals surface area contributed by atoms with Gasteiger partial charge < -0.3 is 15.2 Å². The standard InChI is InChI=1S/C20H24N2O3/c21-20(23)19(16-7-2-1-3-8-16)22-13-15-6-4-9-17(12-15)25-14-18-10-5-11-24-18/h1-4,6-9,12,18-19,22H,5,10-11,13-14H2,(H2,21,23). The molecule has 1 aliphatic rings. The van der Waals surface area contributed by atoms with Gasteiger partial charge in [-0.3, -0.25) is 10.1 Å². The number of nitrogens with two attached hydrogens (primary N) is 1. The molecule has 0 aromatic heterocycles. The summed E-state index contributed by atoms with van der Waals surface area (Å²) in [5, 5.41) is 3.22. The molecular formula is C20H24N2O3. The molecule has 1 heterocycles. The molecule has 132 valence electrons. The van der Waals surface area contributed by atoms with Crippen LogP contribution in [-0.4, -0.2) is 25.2 Å².